The van der Waals surface area contributed by atoms with Crippen LogP contribution < -0.4 is 20.7 Å². The molecular formula is C24H32N4O7. The molecule has 0 aliphatic carbocycles. The Kier molecular flexibility index (Phi) is 8.31. The molecule has 2 aliphatic heterocycles. The van der Waals surface area contributed by atoms with Gasteiger partial charge in [-0.2, -0.15) is 0 Å². The molecule has 11 nitrogen and oxygen atoms in total. The number of nitrogens with one attached hydrogen (secondary N) is 3. The van der Waals surface area contributed by atoms with Gasteiger partial charge in [-0.3, -0.25) is 19.2 Å². The van der Waals surface area contributed by atoms with E-state index in [-0.39, 0.29) is 36.3 Å². The molecule has 4 atom stereocenters. The van der Waals surface area contributed by atoms with Crippen LogP contribution >= 0.6 is 0 Å². The number of rotatable bonds is 2. The van der Waals surface area contributed by atoms with Crippen molar-refractivity contribution in [1.29, 1.82) is 0 Å². The SMILES string of the molecule is CC(C)[C@H]1NC(=O)[C@@H]2CCCN2C(=O)C[C@@H](C(=O)O)NC(=O)c2ccccc2OC[C@H](C)NC1=O. The smallest absolute Gasteiger partial charge is 0.326 e. The molecule has 4 N–H and O–H groups in total. The van der Waals surface area contributed by atoms with Crippen molar-refractivity contribution in [2.75, 3.05) is 13.2 Å². The Balaban J connectivity index is 1.95. The van der Waals surface area contributed by atoms with E-state index in [1.165, 1.54) is 11.0 Å². The summed E-state index contributed by atoms with van der Waals surface area (Å²) in [6.07, 6.45) is 0.443. The van der Waals surface area contributed by atoms with Crippen molar-refractivity contribution in [2.45, 2.75) is 64.2 Å². The van der Waals surface area contributed by atoms with Gasteiger partial charge in [-0.15, -0.1) is 0 Å². The molecular weight excluding hydrogens is 456 g/mol. The Morgan fingerprint density at radius 1 is 1.09 bits per heavy atom. The van der Waals surface area contributed by atoms with Crippen molar-refractivity contribution < 1.29 is 33.8 Å². The average molecular weight is 489 g/mol. The zero-order chi connectivity index (χ0) is 25.7. The maximum absolute atomic E-state index is 13.1. The first-order valence-electron chi connectivity index (χ1n) is 11.7. The summed E-state index contributed by atoms with van der Waals surface area (Å²) in [6, 6.07) is 2.71. The lowest BCUT2D eigenvalue weighted by Gasteiger charge is -2.29. The minimum Gasteiger partial charge on any atom is -0.491 e. The Morgan fingerprint density at radius 3 is 2.49 bits per heavy atom. The average Bonchev–Trinajstić information content (AvgIpc) is 3.30. The monoisotopic (exact) mass is 488 g/mol. The molecule has 35 heavy (non-hydrogen) atoms. The molecule has 190 valence electrons. The van der Waals surface area contributed by atoms with E-state index >= 15 is 0 Å². The number of hydrogen-bond acceptors (Lipinski definition) is 6. The van der Waals surface area contributed by atoms with E-state index in [2.05, 4.69) is 16.0 Å². The molecule has 11 heteroatoms. The summed E-state index contributed by atoms with van der Waals surface area (Å²) in [6.45, 7) is 5.65. The van der Waals surface area contributed by atoms with Gasteiger partial charge in [0.15, 0.2) is 0 Å². The van der Waals surface area contributed by atoms with E-state index in [1.54, 1.807) is 39.0 Å². The molecule has 0 aromatic heterocycles. The number of aliphatic carboxylic acids is 1. The fraction of sp³-hybridized carbons (Fsp3) is 0.542. The maximum atomic E-state index is 13.1. The maximum Gasteiger partial charge on any atom is 0.326 e. The quantitative estimate of drug-likeness (QED) is 0.466. The second kappa shape index (κ2) is 11.2. The number of amides is 4. The highest BCUT2D eigenvalue weighted by molar-refractivity contribution is 6.00. The van der Waals surface area contributed by atoms with Crippen LogP contribution in [0.2, 0.25) is 0 Å². The summed E-state index contributed by atoms with van der Waals surface area (Å²) in [5.74, 6) is -3.52. The summed E-state index contributed by atoms with van der Waals surface area (Å²) >= 11 is 0. The molecule has 1 saturated heterocycles. The zero-order valence-electron chi connectivity index (χ0n) is 20.1. The van der Waals surface area contributed by atoms with Crippen LogP contribution in [-0.2, 0) is 19.2 Å². The summed E-state index contributed by atoms with van der Waals surface area (Å²) in [4.78, 5) is 65.1. The highest BCUT2D eigenvalue weighted by Crippen LogP contribution is 2.21. The van der Waals surface area contributed by atoms with Crippen molar-refractivity contribution in [3.8, 4) is 5.75 Å². The van der Waals surface area contributed by atoms with E-state index in [1.807, 2.05) is 0 Å². The summed E-state index contributed by atoms with van der Waals surface area (Å²) in [5.41, 5.74) is 0.102. The molecule has 0 unspecified atom stereocenters. The Bertz CT molecular complexity index is 996. The van der Waals surface area contributed by atoms with Crippen LogP contribution in [0.4, 0.5) is 0 Å². The first-order chi connectivity index (χ1) is 16.6. The molecule has 3 rings (SSSR count). The van der Waals surface area contributed by atoms with Crippen LogP contribution in [0.5, 0.6) is 5.75 Å². The minimum absolute atomic E-state index is 0.0338. The zero-order valence-corrected chi connectivity index (χ0v) is 20.1. The lowest BCUT2D eigenvalue weighted by molar-refractivity contribution is -0.145. The predicted molar refractivity (Wildman–Crippen MR) is 125 cm³/mol. The Hall–Kier alpha value is -3.63. The standard InChI is InChI=1S/C24H32N4O7/c1-13(2)20-23(32)25-14(3)12-35-18-9-5-4-7-15(18)21(30)26-16(24(33)34)11-19(29)28-10-6-8-17(28)22(31)27-20/h4-5,7,9,13-14,16-17,20H,6,8,10-12H2,1-3H3,(H,25,32)(H,26,30)(H,27,31)(H,33,34)/t14-,16-,17-,20+/m0/s1. The van der Waals surface area contributed by atoms with E-state index < -0.39 is 54.3 Å². The van der Waals surface area contributed by atoms with E-state index in [0.29, 0.717) is 12.8 Å². The van der Waals surface area contributed by atoms with Crippen LogP contribution in [0, 0.1) is 5.92 Å². The van der Waals surface area contributed by atoms with Gasteiger partial charge in [0.1, 0.15) is 30.5 Å². The number of carbonyl (C=O) groups excluding carboxylic acids is 4. The van der Waals surface area contributed by atoms with Crippen LogP contribution in [0.15, 0.2) is 24.3 Å². The topological polar surface area (TPSA) is 154 Å². The van der Waals surface area contributed by atoms with Gasteiger partial charge in [0, 0.05) is 6.54 Å². The van der Waals surface area contributed by atoms with Crippen LogP contribution in [0.3, 0.4) is 0 Å². The molecule has 0 bridgehead atoms. The molecule has 2 heterocycles. The first-order valence-corrected chi connectivity index (χ1v) is 11.7. The molecule has 4 amide bonds. The molecule has 1 aromatic carbocycles. The normalized spacial score (nSPS) is 26.6. The predicted octanol–water partition coefficient (Wildman–Crippen LogP) is 0.289. The molecule has 1 fully saturated rings. The van der Waals surface area contributed by atoms with Crippen LogP contribution in [0.25, 0.3) is 0 Å². The lowest BCUT2D eigenvalue weighted by Crippen LogP contribution is -2.56. The van der Waals surface area contributed by atoms with Gasteiger partial charge in [0.05, 0.1) is 18.0 Å². The summed E-state index contributed by atoms with van der Waals surface area (Å²) in [7, 11) is 0. The van der Waals surface area contributed by atoms with Gasteiger partial charge < -0.3 is 30.7 Å². The van der Waals surface area contributed by atoms with Gasteiger partial charge in [0.2, 0.25) is 17.7 Å². The second-order valence-corrected chi connectivity index (χ2v) is 9.26. The Labute approximate surface area is 203 Å². The third-order valence-corrected chi connectivity index (χ3v) is 6.11. The summed E-state index contributed by atoms with van der Waals surface area (Å²) < 4.78 is 5.75. The number of nitrogens with zero attached hydrogens (tertiary/aromatic N) is 1. The molecule has 1 aromatic rings. The number of ether oxygens (including phenoxy) is 1. The van der Waals surface area contributed by atoms with Crippen LogP contribution in [-0.4, -0.2) is 76.9 Å². The first kappa shape index (κ1) is 26.0. The van der Waals surface area contributed by atoms with Gasteiger partial charge in [-0.1, -0.05) is 26.0 Å². The lowest BCUT2D eigenvalue weighted by atomic mass is 10.0. The van der Waals surface area contributed by atoms with E-state index in [9.17, 15) is 29.1 Å². The minimum atomic E-state index is -1.49. The largest absolute Gasteiger partial charge is 0.491 e. The van der Waals surface area contributed by atoms with E-state index in [0.717, 1.165) is 0 Å². The number of carbonyl (C=O) groups is 5. The van der Waals surface area contributed by atoms with Crippen LogP contribution in [0.1, 0.15) is 50.4 Å². The number of fused-ring (bicyclic) bond motifs is 2. The highest BCUT2D eigenvalue weighted by atomic mass is 16.5. The number of benzene rings is 1. The van der Waals surface area contributed by atoms with Crippen molar-refractivity contribution >= 4 is 29.6 Å². The van der Waals surface area contributed by atoms with Gasteiger partial charge >= 0.3 is 5.97 Å². The van der Waals surface area contributed by atoms with Gasteiger partial charge in [-0.25, -0.2) is 4.79 Å². The highest BCUT2D eigenvalue weighted by Gasteiger charge is 2.38. The third kappa shape index (κ3) is 6.28. The number of carboxylic acids is 1. The summed E-state index contributed by atoms with van der Waals surface area (Å²) in [5, 5.41) is 17.6. The number of hydrogen-bond donors (Lipinski definition) is 4. The van der Waals surface area contributed by atoms with Gasteiger partial charge in [-0.05, 0) is 37.8 Å². The van der Waals surface area contributed by atoms with Crippen molar-refractivity contribution in [1.82, 2.24) is 20.9 Å². The fourth-order valence-corrected chi connectivity index (χ4v) is 4.22. The molecule has 0 radical (unpaired) electrons. The molecule has 0 spiro atoms. The fourth-order valence-electron chi connectivity index (χ4n) is 4.22. The van der Waals surface area contributed by atoms with Crippen molar-refractivity contribution in [2.24, 2.45) is 5.92 Å². The molecule has 0 saturated carbocycles. The number of carboxylic acid groups (broad SMARTS) is 1. The second-order valence-electron chi connectivity index (χ2n) is 9.26. The third-order valence-electron chi connectivity index (χ3n) is 6.11. The Morgan fingerprint density at radius 2 is 1.80 bits per heavy atom. The molecule has 2 aliphatic rings. The number of para-hydroxylation sites is 1. The van der Waals surface area contributed by atoms with E-state index in [4.69, 9.17) is 4.74 Å². The van der Waals surface area contributed by atoms with Crippen molar-refractivity contribution in [3.05, 3.63) is 29.8 Å². The van der Waals surface area contributed by atoms with Gasteiger partial charge in [0.25, 0.3) is 5.91 Å². The van der Waals surface area contributed by atoms with Crippen molar-refractivity contribution in [3.63, 3.8) is 0 Å².